The Balaban J connectivity index is 1.39. The third-order valence-electron chi connectivity index (χ3n) is 4.52. The van der Waals surface area contributed by atoms with Crippen molar-refractivity contribution in [3.8, 4) is 0 Å². The van der Waals surface area contributed by atoms with Crippen LogP contribution in [0.15, 0.2) is 53.7 Å². The van der Waals surface area contributed by atoms with Gasteiger partial charge in [-0.15, -0.1) is 0 Å². The van der Waals surface area contributed by atoms with Crippen LogP contribution >= 0.6 is 0 Å². The van der Waals surface area contributed by atoms with Gasteiger partial charge >= 0.3 is 12.1 Å². The number of benzene rings is 2. The van der Waals surface area contributed by atoms with Gasteiger partial charge < -0.3 is 19.2 Å². The van der Waals surface area contributed by atoms with Gasteiger partial charge in [-0.25, -0.2) is 14.0 Å². The summed E-state index contributed by atoms with van der Waals surface area (Å²) in [5, 5.41) is 3.66. The van der Waals surface area contributed by atoms with Crippen LogP contribution in [0.5, 0.6) is 0 Å². The van der Waals surface area contributed by atoms with E-state index in [2.05, 4.69) is 5.16 Å². The Morgan fingerprint density at radius 3 is 2.79 bits per heavy atom. The minimum absolute atomic E-state index is 0.0826. The van der Waals surface area contributed by atoms with Crippen LogP contribution in [0.25, 0.3) is 0 Å². The van der Waals surface area contributed by atoms with Gasteiger partial charge in [0.2, 0.25) is 0 Å². The van der Waals surface area contributed by atoms with Crippen LogP contribution in [0, 0.1) is 5.82 Å². The molecule has 0 aliphatic carbocycles. The average Bonchev–Trinajstić information content (AvgIpc) is 3.13. The normalized spacial score (nSPS) is 18.4. The van der Waals surface area contributed by atoms with E-state index in [0.29, 0.717) is 30.1 Å². The van der Waals surface area contributed by atoms with Gasteiger partial charge in [-0.05, 0) is 30.3 Å². The monoisotopic (exact) mass is 399 g/mol. The van der Waals surface area contributed by atoms with Gasteiger partial charge in [-0.3, -0.25) is 4.90 Å². The SMILES string of the molecule is O=C(OC[C@H]1CN(c2ccc(N3C=NOCC3)c(F)c2)C(=O)O1)c1ccccc1. The fourth-order valence-corrected chi connectivity index (χ4v) is 3.06. The zero-order valence-electron chi connectivity index (χ0n) is 15.4. The fourth-order valence-electron chi connectivity index (χ4n) is 3.06. The quantitative estimate of drug-likeness (QED) is 0.720. The van der Waals surface area contributed by atoms with Crippen LogP contribution in [-0.4, -0.2) is 50.8 Å². The van der Waals surface area contributed by atoms with Crippen molar-refractivity contribution in [2.75, 3.05) is 36.1 Å². The maximum absolute atomic E-state index is 14.6. The molecule has 1 atom stereocenters. The molecule has 2 aromatic carbocycles. The molecule has 150 valence electrons. The predicted molar refractivity (Wildman–Crippen MR) is 103 cm³/mol. The first-order chi connectivity index (χ1) is 14.1. The average molecular weight is 399 g/mol. The third-order valence-corrected chi connectivity index (χ3v) is 4.52. The van der Waals surface area contributed by atoms with Crippen LogP contribution in [0.4, 0.5) is 20.6 Å². The smallest absolute Gasteiger partial charge is 0.414 e. The molecule has 0 unspecified atom stereocenters. The van der Waals surface area contributed by atoms with E-state index in [1.807, 2.05) is 0 Å². The van der Waals surface area contributed by atoms with E-state index in [-0.39, 0.29) is 13.2 Å². The number of rotatable bonds is 5. The maximum atomic E-state index is 14.6. The van der Waals surface area contributed by atoms with E-state index in [1.54, 1.807) is 47.4 Å². The van der Waals surface area contributed by atoms with Crippen molar-refractivity contribution in [2.45, 2.75) is 6.10 Å². The van der Waals surface area contributed by atoms with Crippen molar-refractivity contribution >= 4 is 29.8 Å². The van der Waals surface area contributed by atoms with Crippen LogP contribution in [-0.2, 0) is 14.3 Å². The third kappa shape index (κ3) is 4.13. The molecule has 1 amide bonds. The molecule has 0 radical (unpaired) electrons. The van der Waals surface area contributed by atoms with E-state index < -0.39 is 24.0 Å². The number of esters is 1. The van der Waals surface area contributed by atoms with E-state index in [9.17, 15) is 14.0 Å². The van der Waals surface area contributed by atoms with Crippen molar-refractivity contribution in [1.29, 1.82) is 0 Å². The second kappa shape index (κ2) is 8.17. The summed E-state index contributed by atoms with van der Waals surface area (Å²) >= 11 is 0. The summed E-state index contributed by atoms with van der Waals surface area (Å²) < 4.78 is 25.0. The number of hydrogen-bond acceptors (Lipinski definition) is 7. The molecule has 8 nitrogen and oxygen atoms in total. The molecule has 2 aromatic rings. The lowest BCUT2D eigenvalue weighted by atomic mass is 10.2. The lowest BCUT2D eigenvalue weighted by Crippen LogP contribution is -2.30. The number of cyclic esters (lactones) is 1. The Bertz CT molecular complexity index is 937. The summed E-state index contributed by atoms with van der Waals surface area (Å²) in [6.45, 7) is 0.902. The molecule has 2 aliphatic rings. The van der Waals surface area contributed by atoms with Gasteiger partial charge in [0.15, 0.2) is 6.10 Å². The highest BCUT2D eigenvalue weighted by Gasteiger charge is 2.33. The molecule has 2 heterocycles. The number of halogens is 1. The van der Waals surface area contributed by atoms with Crippen LogP contribution in [0.1, 0.15) is 10.4 Å². The molecule has 9 heteroatoms. The van der Waals surface area contributed by atoms with Crippen LogP contribution < -0.4 is 9.80 Å². The number of oxime groups is 1. The van der Waals surface area contributed by atoms with Crippen LogP contribution in [0.2, 0.25) is 0 Å². The summed E-state index contributed by atoms with van der Waals surface area (Å²) in [4.78, 5) is 32.0. The zero-order valence-corrected chi connectivity index (χ0v) is 15.4. The Morgan fingerprint density at radius 1 is 1.24 bits per heavy atom. The van der Waals surface area contributed by atoms with Crippen molar-refractivity contribution in [3.05, 3.63) is 59.9 Å². The highest BCUT2D eigenvalue weighted by atomic mass is 19.1. The largest absolute Gasteiger partial charge is 0.458 e. The molecule has 4 rings (SSSR count). The van der Waals surface area contributed by atoms with Crippen molar-refractivity contribution in [1.82, 2.24) is 0 Å². The number of anilines is 2. The molecule has 0 spiro atoms. The van der Waals surface area contributed by atoms with Crippen molar-refractivity contribution < 1.29 is 28.3 Å². The van der Waals surface area contributed by atoms with E-state index in [0.717, 1.165) is 0 Å². The number of carbonyl (C=O) groups is 2. The Hall–Kier alpha value is -3.62. The summed E-state index contributed by atoms with van der Waals surface area (Å²) in [6, 6.07) is 13.0. The van der Waals surface area contributed by atoms with E-state index >= 15 is 0 Å². The highest BCUT2D eigenvalue weighted by Crippen LogP contribution is 2.28. The van der Waals surface area contributed by atoms with Crippen LogP contribution in [0.3, 0.4) is 0 Å². The van der Waals surface area contributed by atoms with Gasteiger partial charge in [0, 0.05) is 0 Å². The molecule has 0 bridgehead atoms. The number of ether oxygens (including phenoxy) is 2. The second-order valence-electron chi connectivity index (χ2n) is 6.46. The minimum atomic E-state index is -0.635. The first-order valence-electron chi connectivity index (χ1n) is 9.04. The molecule has 2 aliphatic heterocycles. The molecular formula is C20H18FN3O5. The minimum Gasteiger partial charge on any atom is -0.458 e. The number of carbonyl (C=O) groups excluding carboxylic acids is 2. The van der Waals surface area contributed by atoms with Gasteiger partial charge in [0.1, 0.15) is 25.4 Å². The topological polar surface area (TPSA) is 80.7 Å². The standard InChI is InChI=1S/C20H18FN3O5/c21-17-10-15(6-7-18(17)23-8-9-28-22-13-23)24-11-16(29-20(24)26)12-27-19(25)14-4-2-1-3-5-14/h1-7,10,13,16H,8-9,11-12H2/t16-/m1/s1. The molecule has 1 fully saturated rings. The number of nitrogens with zero attached hydrogens (tertiary/aromatic N) is 3. The molecule has 0 N–H and O–H groups in total. The zero-order chi connectivity index (χ0) is 20.2. The Labute approximate surface area is 166 Å². The lowest BCUT2D eigenvalue weighted by Gasteiger charge is -2.23. The summed E-state index contributed by atoms with van der Waals surface area (Å²) in [6.07, 6.45) is 0.151. The molecule has 0 saturated carbocycles. The van der Waals surface area contributed by atoms with Gasteiger partial charge in [0.25, 0.3) is 0 Å². The predicted octanol–water partition coefficient (Wildman–Crippen LogP) is 2.79. The molecular weight excluding hydrogens is 381 g/mol. The summed E-state index contributed by atoms with van der Waals surface area (Å²) in [5.74, 6) is -0.995. The van der Waals surface area contributed by atoms with E-state index in [1.165, 1.54) is 17.3 Å². The first-order valence-corrected chi connectivity index (χ1v) is 9.04. The highest BCUT2D eigenvalue weighted by molar-refractivity contribution is 5.91. The second-order valence-corrected chi connectivity index (χ2v) is 6.46. The maximum Gasteiger partial charge on any atom is 0.414 e. The summed E-state index contributed by atoms with van der Waals surface area (Å²) in [7, 11) is 0. The lowest BCUT2D eigenvalue weighted by molar-refractivity contribution is 0.0300. The number of amides is 1. The van der Waals surface area contributed by atoms with Crippen molar-refractivity contribution in [3.63, 3.8) is 0 Å². The van der Waals surface area contributed by atoms with Gasteiger partial charge in [0.05, 0.1) is 30.0 Å². The fraction of sp³-hybridized carbons (Fsp3) is 0.250. The number of hydrogen-bond donors (Lipinski definition) is 0. The summed E-state index contributed by atoms with van der Waals surface area (Å²) in [5.41, 5.74) is 1.11. The molecule has 1 saturated heterocycles. The molecule has 0 aromatic heterocycles. The Kier molecular flexibility index (Phi) is 5.28. The van der Waals surface area contributed by atoms with Gasteiger partial charge in [-0.2, -0.15) is 0 Å². The van der Waals surface area contributed by atoms with E-state index in [4.69, 9.17) is 14.3 Å². The van der Waals surface area contributed by atoms with Crippen molar-refractivity contribution in [2.24, 2.45) is 5.16 Å². The van der Waals surface area contributed by atoms with Gasteiger partial charge in [-0.1, -0.05) is 23.4 Å². The first kappa shape index (κ1) is 18.7. The molecule has 29 heavy (non-hydrogen) atoms. The Morgan fingerprint density at radius 2 is 2.07 bits per heavy atom.